The molecule has 0 spiro atoms. The van der Waals surface area contributed by atoms with Crippen LogP contribution >= 0.6 is 11.8 Å². The minimum atomic E-state index is -0.606. The molecule has 1 atom stereocenters. The number of nitrogens with two attached hydrogens (primary N) is 1. The molecule has 0 bridgehead atoms. The van der Waals surface area contributed by atoms with Gasteiger partial charge in [-0.2, -0.15) is 11.8 Å². The molecule has 0 aromatic heterocycles. The maximum Gasteiger partial charge on any atom is 0.322 e. The monoisotopic (exact) mass is 288 g/mol. The Morgan fingerprint density at radius 1 is 1.47 bits per heavy atom. The fourth-order valence-corrected chi connectivity index (χ4v) is 2.35. The van der Waals surface area contributed by atoms with Gasteiger partial charge in [0.15, 0.2) is 0 Å². The van der Waals surface area contributed by atoms with Gasteiger partial charge < -0.3 is 15.4 Å². The Balaban J connectivity index is 3.90. The minimum absolute atomic E-state index is 0.0853. The summed E-state index contributed by atoms with van der Waals surface area (Å²) in [5, 5.41) is 0. The second-order valence-electron chi connectivity index (χ2n) is 4.34. The molecule has 2 N–H and O–H groups in total. The van der Waals surface area contributed by atoms with E-state index in [2.05, 4.69) is 11.3 Å². The maximum absolute atomic E-state index is 11.9. The topological polar surface area (TPSA) is 72.6 Å². The average Bonchev–Trinajstić information content (AvgIpc) is 2.38. The second kappa shape index (κ2) is 9.86. The Morgan fingerprint density at radius 2 is 2.11 bits per heavy atom. The van der Waals surface area contributed by atoms with Crippen molar-refractivity contribution < 1.29 is 14.3 Å². The van der Waals surface area contributed by atoms with Gasteiger partial charge in [-0.3, -0.25) is 9.59 Å². The van der Waals surface area contributed by atoms with Gasteiger partial charge in [0.2, 0.25) is 5.91 Å². The largest absolute Gasteiger partial charge is 0.468 e. The molecule has 110 valence electrons. The first-order valence-electron chi connectivity index (χ1n) is 6.25. The molecule has 0 heterocycles. The first kappa shape index (κ1) is 18.0. The van der Waals surface area contributed by atoms with Gasteiger partial charge in [0.25, 0.3) is 0 Å². The van der Waals surface area contributed by atoms with Crippen LogP contribution in [0.4, 0.5) is 0 Å². The Kier molecular flexibility index (Phi) is 9.34. The molecule has 0 radical (unpaired) electrons. The summed E-state index contributed by atoms with van der Waals surface area (Å²) >= 11 is 1.48. The molecule has 0 aliphatic carbocycles. The van der Waals surface area contributed by atoms with Crippen molar-refractivity contribution in [3.8, 4) is 0 Å². The lowest BCUT2D eigenvalue weighted by molar-refractivity contribution is -0.142. The van der Waals surface area contributed by atoms with E-state index in [0.717, 1.165) is 5.57 Å². The summed E-state index contributed by atoms with van der Waals surface area (Å²) in [4.78, 5) is 24.7. The van der Waals surface area contributed by atoms with Crippen molar-refractivity contribution >= 4 is 23.6 Å². The highest BCUT2D eigenvalue weighted by Gasteiger charge is 2.15. The summed E-state index contributed by atoms with van der Waals surface area (Å²) in [6.07, 6.45) is 0.511. The molecule has 0 saturated heterocycles. The van der Waals surface area contributed by atoms with E-state index in [9.17, 15) is 9.59 Å². The maximum atomic E-state index is 11.9. The van der Waals surface area contributed by atoms with Gasteiger partial charge in [0.1, 0.15) is 6.04 Å². The van der Waals surface area contributed by atoms with Crippen molar-refractivity contribution in [2.24, 2.45) is 5.73 Å². The molecular formula is C13H24N2O3S. The lowest BCUT2D eigenvalue weighted by Crippen LogP contribution is -2.34. The van der Waals surface area contributed by atoms with Crippen LogP contribution < -0.4 is 5.73 Å². The van der Waals surface area contributed by atoms with Crippen LogP contribution in [-0.4, -0.2) is 54.5 Å². The summed E-state index contributed by atoms with van der Waals surface area (Å²) in [5.74, 6) is 0.730. The predicted octanol–water partition coefficient (Wildman–Crippen LogP) is 1.03. The molecule has 5 nitrogen and oxygen atoms in total. The Hall–Kier alpha value is -1.01. The number of ether oxygens (including phenoxy) is 1. The van der Waals surface area contributed by atoms with Crippen LogP contribution in [0.25, 0.3) is 0 Å². The molecular weight excluding hydrogens is 264 g/mol. The fraction of sp³-hybridized carbons (Fsp3) is 0.692. The summed E-state index contributed by atoms with van der Waals surface area (Å²) < 4.78 is 4.53. The number of nitrogens with zero attached hydrogens (tertiary/aromatic N) is 1. The zero-order valence-corrected chi connectivity index (χ0v) is 12.8. The molecule has 0 saturated carbocycles. The molecule has 6 heteroatoms. The van der Waals surface area contributed by atoms with Gasteiger partial charge in [0.05, 0.1) is 12.9 Å². The molecule has 0 aliphatic heterocycles. The molecule has 0 aromatic rings. The third kappa shape index (κ3) is 7.89. The zero-order chi connectivity index (χ0) is 14.8. The summed E-state index contributed by atoms with van der Waals surface area (Å²) in [7, 11) is 1.32. The van der Waals surface area contributed by atoms with E-state index in [1.165, 1.54) is 18.9 Å². The number of likely N-dealkylation sites (N-methyl/N-ethyl adjacent to an activating group) is 1. The Morgan fingerprint density at radius 3 is 2.58 bits per heavy atom. The molecule has 0 aliphatic rings. The van der Waals surface area contributed by atoms with Crippen molar-refractivity contribution in [1.82, 2.24) is 4.90 Å². The quantitative estimate of drug-likeness (QED) is 0.390. The average molecular weight is 288 g/mol. The Labute approximate surface area is 119 Å². The van der Waals surface area contributed by atoms with Gasteiger partial charge in [-0.25, -0.2) is 0 Å². The number of hydrogen-bond acceptors (Lipinski definition) is 5. The van der Waals surface area contributed by atoms with E-state index in [4.69, 9.17) is 5.73 Å². The second-order valence-corrected chi connectivity index (χ2v) is 5.44. The molecule has 0 rings (SSSR count). The summed E-state index contributed by atoms with van der Waals surface area (Å²) in [6.45, 7) is 8.92. The Bertz CT molecular complexity index is 321. The van der Waals surface area contributed by atoms with Crippen LogP contribution in [0.15, 0.2) is 12.2 Å². The number of methoxy groups -OCH3 is 1. The third-order valence-electron chi connectivity index (χ3n) is 2.50. The highest BCUT2D eigenvalue weighted by atomic mass is 32.2. The molecule has 1 amide bonds. The van der Waals surface area contributed by atoms with Crippen LogP contribution in [0.1, 0.15) is 20.3 Å². The molecule has 0 fully saturated rings. The summed E-state index contributed by atoms with van der Waals surface area (Å²) in [5.41, 5.74) is 6.57. The van der Waals surface area contributed by atoms with Gasteiger partial charge in [-0.05, 0) is 26.0 Å². The highest BCUT2D eigenvalue weighted by Crippen LogP contribution is 2.07. The van der Waals surface area contributed by atoms with Crippen molar-refractivity contribution in [3.63, 3.8) is 0 Å². The van der Waals surface area contributed by atoms with Crippen LogP contribution in [0.3, 0.4) is 0 Å². The van der Waals surface area contributed by atoms with Crippen molar-refractivity contribution in [2.45, 2.75) is 26.3 Å². The lowest BCUT2D eigenvalue weighted by Gasteiger charge is -2.20. The molecule has 1 unspecified atom stereocenters. The van der Waals surface area contributed by atoms with E-state index in [1.807, 2.05) is 13.8 Å². The van der Waals surface area contributed by atoms with Crippen molar-refractivity contribution in [1.29, 1.82) is 0 Å². The number of hydrogen-bond donors (Lipinski definition) is 1. The molecule has 19 heavy (non-hydrogen) atoms. The van der Waals surface area contributed by atoms with Crippen molar-refractivity contribution in [2.75, 3.05) is 31.7 Å². The van der Waals surface area contributed by atoms with E-state index < -0.39 is 12.0 Å². The SMILES string of the molecule is C=C(C)CN(CC)C(=O)CSCCC(N)C(=O)OC. The zero-order valence-electron chi connectivity index (χ0n) is 12.0. The van der Waals surface area contributed by atoms with Crippen molar-refractivity contribution in [3.05, 3.63) is 12.2 Å². The highest BCUT2D eigenvalue weighted by molar-refractivity contribution is 7.99. The van der Waals surface area contributed by atoms with Gasteiger partial charge in [0, 0.05) is 13.1 Å². The van der Waals surface area contributed by atoms with Gasteiger partial charge in [-0.15, -0.1) is 0 Å². The number of esters is 1. The van der Waals surface area contributed by atoms with E-state index in [-0.39, 0.29) is 5.91 Å². The van der Waals surface area contributed by atoms with Crippen LogP contribution in [0.5, 0.6) is 0 Å². The van der Waals surface area contributed by atoms with E-state index in [1.54, 1.807) is 4.90 Å². The number of thioether (sulfide) groups is 1. The first-order valence-corrected chi connectivity index (χ1v) is 7.41. The number of carbonyl (C=O) groups is 2. The van der Waals surface area contributed by atoms with E-state index >= 15 is 0 Å². The van der Waals surface area contributed by atoms with E-state index in [0.29, 0.717) is 31.0 Å². The normalized spacial score (nSPS) is 11.8. The number of rotatable bonds is 9. The molecule has 0 aromatic carbocycles. The lowest BCUT2D eigenvalue weighted by atomic mass is 10.2. The van der Waals surface area contributed by atoms with Crippen LogP contribution in [0.2, 0.25) is 0 Å². The third-order valence-corrected chi connectivity index (χ3v) is 3.47. The summed E-state index contributed by atoms with van der Waals surface area (Å²) in [6, 6.07) is -0.606. The van der Waals surface area contributed by atoms with Crippen LogP contribution in [-0.2, 0) is 14.3 Å². The van der Waals surface area contributed by atoms with Crippen LogP contribution in [0, 0.1) is 0 Å². The predicted molar refractivity (Wildman–Crippen MR) is 79.0 cm³/mol. The smallest absolute Gasteiger partial charge is 0.322 e. The minimum Gasteiger partial charge on any atom is -0.468 e. The standard InChI is InChI=1S/C13H24N2O3S/c1-5-15(8-10(2)3)12(16)9-19-7-6-11(14)13(17)18-4/h11H,2,5-9,14H2,1,3-4H3. The van der Waals surface area contributed by atoms with Gasteiger partial charge in [-0.1, -0.05) is 12.2 Å². The number of carbonyl (C=O) groups excluding carboxylic acids is 2. The number of amides is 1. The van der Waals surface area contributed by atoms with Gasteiger partial charge >= 0.3 is 5.97 Å². The first-order chi connectivity index (χ1) is 8.92. The fourth-order valence-electron chi connectivity index (χ4n) is 1.43.